The Hall–Kier alpha value is -0.750. The van der Waals surface area contributed by atoms with Crippen molar-refractivity contribution in [2.45, 2.75) is 49.1 Å². The van der Waals surface area contributed by atoms with Gasteiger partial charge in [-0.3, -0.25) is 4.79 Å². The van der Waals surface area contributed by atoms with E-state index >= 15 is 0 Å². The van der Waals surface area contributed by atoms with Gasteiger partial charge in [0, 0.05) is 29.9 Å². The zero-order valence-electron chi connectivity index (χ0n) is 14.0. The Morgan fingerprint density at radius 2 is 2.08 bits per heavy atom. The molecule has 0 aromatic heterocycles. The molecule has 1 aromatic carbocycles. The van der Waals surface area contributed by atoms with Crippen molar-refractivity contribution in [2.75, 3.05) is 25.1 Å². The van der Waals surface area contributed by atoms with Crippen molar-refractivity contribution in [2.24, 2.45) is 0 Å². The average Bonchev–Trinajstić information content (AvgIpc) is 2.62. The lowest BCUT2D eigenvalue weighted by Crippen LogP contribution is -2.43. The molecule has 2 fully saturated rings. The van der Waals surface area contributed by atoms with E-state index in [1.54, 1.807) is 0 Å². The number of carbonyl (C=O) groups is 1. The van der Waals surface area contributed by atoms with Crippen molar-refractivity contribution in [3.63, 3.8) is 0 Å². The molecule has 2 N–H and O–H groups in total. The molecule has 4 nitrogen and oxygen atoms in total. The molecule has 2 saturated heterocycles. The van der Waals surface area contributed by atoms with Gasteiger partial charge in [0.1, 0.15) is 0 Å². The summed E-state index contributed by atoms with van der Waals surface area (Å²) < 4.78 is 5.41. The normalized spacial score (nSPS) is 21.8. The van der Waals surface area contributed by atoms with Crippen molar-refractivity contribution < 1.29 is 9.53 Å². The fourth-order valence-corrected chi connectivity index (χ4v) is 4.23. The van der Waals surface area contributed by atoms with E-state index in [0.29, 0.717) is 5.25 Å². The minimum absolute atomic E-state index is 0. The predicted octanol–water partition coefficient (Wildman–Crippen LogP) is 3.60. The van der Waals surface area contributed by atoms with E-state index in [0.717, 1.165) is 56.9 Å². The van der Waals surface area contributed by atoms with Crippen molar-refractivity contribution >= 4 is 35.8 Å². The Bertz CT molecular complexity index is 517. The number of hydrogen-bond acceptors (Lipinski definition) is 4. The van der Waals surface area contributed by atoms with E-state index < -0.39 is 0 Å². The molecule has 6 heteroatoms. The molecular formula is C18H27ClN2O2S. The summed E-state index contributed by atoms with van der Waals surface area (Å²) in [5.74, 6) is 1.09. The van der Waals surface area contributed by atoms with Gasteiger partial charge >= 0.3 is 0 Å². The largest absolute Gasteiger partial charge is 0.381 e. The molecule has 1 atom stereocenters. The van der Waals surface area contributed by atoms with Crippen LogP contribution in [0.25, 0.3) is 0 Å². The first-order valence-corrected chi connectivity index (χ1v) is 9.69. The van der Waals surface area contributed by atoms with Gasteiger partial charge in [-0.15, -0.1) is 12.4 Å². The van der Waals surface area contributed by atoms with Crippen molar-refractivity contribution in [1.29, 1.82) is 0 Å². The highest BCUT2D eigenvalue weighted by atomic mass is 35.5. The van der Waals surface area contributed by atoms with Crippen LogP contribution >= 0.6 is 24.2 Å². The van der Waals surface area contributed by atoms with Crippen LogP contribution in [-0.2, 0) is 15.3 Å². The Balaban J connectivity index is 0.00000208. The second kappa shape index (κ2) is 10.3. The van der Waals surface area contributed by atoms with Crippen LogP contribution in [-0.4, -0.2) is 37.0 Å². The van der Waals surface area contributed by atoms with E-state index in [-0.39, 0.29) is 24.4 Å². The number of benzene rings is 1. The van der Waals surface area contributed by atoms with Gasteiger partial charge in [-0.05, 0) is 49.9 Å². The van der Waals surface area contributed by atoms with Gasteiger partial charge in [0.15, 0.2) is 0 Å². The first-order valence-electron chi connectivity index (χ1n) is 8.64. The lowest BCUT2D eigenvalue weighted by molar-refractivity contribution is -0.118. The maximum atomic E-state index is 12.3. The Kier molecular flexibility index (Phi) is 8.39. The summed E-state index contributed by atoms with van der Waals surface area (Å²) in [7, 11) is 0. The van der Waals surface area contributed by atoms with Crippen molar-refractivity contribution in [3.8, 4) is 0 Å². The number of amides is 1. The van der Waals surface area contributed by atoms with Crippen LogP contribution in [0.3, 0.4) is 0 Å². The molecule has 134 valence electrons. The van der Waals surface area contributed by atoms with Gasteiger partial charge < -0.3 is 15.4 Å². The number of halogens is 1. The lowest BCUT2D eigenvalue weighted by Gasteiger charge is -2.23. The summed E-state index contributed by atoms with van der Waals surface area (Å²) in [5, 5.41) is 7.06. The average molecular weight is 371 g/mol. The molecule has 2 aliphatic heterocycles. The second-order valence-corrected chi connectivity index (χ2v) is 7.60. The Morgan fingerprint density at radius 1 is 1.25 bits per heavy atom. The molecule has 0 spiro atoms. The van der Waals surface area contributed by atoms with E-state index in [4.69, 9.17) is 4.74 Å². The minimum Gasteiger partial charge on any atom is -0.381 e. The number of nitrogens with one attached hydrogen (secondary N) is 2. The molecule has 2 heterocycles. The van der Waals surface area contributed by atoms with Gasteiger partial charge in [-0.2, -0.15) is 11.8 Å². The molecule has 0 radical (unpaired) electrons. The van der Waals surface area contributed by atoms with E-state index in [1.807, 2.05) is 23.9 Å². The van der Waals surface area contributed by atoms with Gasteiger partial charge in [0.05, 0.1) is 6.04 Å². The highest BCUT2D eigenvalue weighted by Crippen LogP contribution is 2.26. The monoisotopic (exact) mass is 370 g/mol. The van der Waals surface area contributed by atoms with E-state index in [1.165, 1.54) is 12.0 Å². The van der Waals surface area contributed by atoms with Gasteiger partial charge in [-0.25, -0.2) is 0 Å². The predicted molar refractivity (Wildman–Crippen MR) is 103 cm³/mol. The zero-order valence-corrected chi connectivity index (χ0v) is 15.6. The molecule has 3 rings (SSSR count). The van der Waals surface area contributed by atoms with E-state index in [2.05, 4.69) is 22.8 Å². The second-order valence-electron chi connectivity index (χ2n) is 6.31. The zero-order chi connectivity index (χ0) is 15.9. The topological polar surface area (TPSA) is 50.4 Å². The van der Waals surface area contributed by atoms with Gasteiger partial charge in [0.25, 0.3) is 0 Å². The fraction of sp³-hybridized carbons (Fsp3) is 0.611. The van der Waals surface area contributed by atoms with Gasteiger partial charge in [0.2, 0.25) is 5.91 Å². The quantitative estimate of drug-likeness (QED) is 0.831. The van der Waals surface area contributed by atoms with Crippen LogP contribution in [0, 0.1) is 0 Å². The lowest BCUT2D eigenvalue weighted by atomic mass is 10.0. The molecule has 0 aliphatic carbocycles. The third-order valence-electron chi connectivity index (χ3n) is 4.48. The highest BCUT2D eigenvalue weighted by Gasteiger charge is 2.20. The van der Waals surface area contributed by atoms with Crippen LogP contribution in [0.15, 0.2) is 24.3 Å². The van der Waals surface area contributed by atoms with Crippen molar-refractivity contribution in [3.05, 3.63) is 29.8 Å². The molecule has 1 unspecified atom stereocenters. The fourth-order valence-electron chi connectivity index (χ4n) is 3.10. The third-order valence-corrected chi connectivity index (χ3v) is 5.92. The maximum Gasteiger partial charge on any atom is 0.241 e. The smallest absolute Gasteiger partial charge is 0.241 e. The number of hydrogen-bond donors (Lipinski definition) is 2. The molecule has 0 bridgehead atoms. The first kappa shape index (κ1) is 19.6. The van der Waals surface area contributed by atoms with Crippen LogP contribution in [0.2, 0.25) is 0 Å². The Labute approximate surface area is 154 Å². The number of rotatable bonds is 5. The molecule has 1 amide bonds. The van der Waals surface area contributed by atoms with Crippen LogP contribution in [0.4, 0.5) is 5.69 Å². The van der Waals surface area contributed by atoms with Crippen molar-refractivity contribution in [1.82, 2.24) is 5.32 Å². The van der Waals surface area contributed by atoms with Gasteiger partial charge in [-0.1, -0.05) is 18.6 Å². The number of thioether (sulfide) groups is 1. The molecule has 24 heavy (non-hydrogen) atoms. The number of ether oxygens (including phenoxy) is 1. The summed E-state index contributed by atoms with van der Waals surface area (Å²) in [5.41, 5.74) is 2.18. The summed E-state index contributed by atoms with van der Waals surface area (Å²) in [6.45, 7) is 2.73. The first-order chi connectivity index (χ1) is 11.3. The molecular weight excluding hydrogens is 344 g/mol. The SMILES string of the molecule is Cl.O=C(Nc1cccc(CSC2CCOCC2)c1)C1CCCCN1. The summed E-state index contributed by atoms with van der Waals surface area (Å²) in [6, 6.07) is 8.21. The number of anilines is 1. The number of piperidine rings is 1. The van der Waals surface area contributed by atoms with Crippen LogP contribution in [0.5, 0.6) is 0 Å². The van der Waals surface area contributed by atoms with Crippen LogP contribution < -0.4 is 10.6 Å². The summed E-state index contributed by atoms with van der Waals surface area (Å²) >= 11 is 2.00. The molecule has 2 aliphatic rings. The molecule has 0 saturated carbocycles. The summed E-state index contributed by atoms with van der Waals surface area (Å²) in [6.07, 6.45) is 5.53. The third kappa shape index (κ3) is 5.96. The highest BCUT2D eigenvalue weighted by molar-refractivity contribution is 7.99. The Morgan fingerprint density at radius 3 is 2.83 bits per heavy atom. The summed E-state index contributed by atoms with van der Waals surface area (Å²) in [4.78, 5) is 12.3. The maximum absolute atomic E-state index is 12.3. The number of carbonyl (C=O) groups excluding carboxylic acids is 1. The van der Waals surface area contributed by atoms with Crippen LogP contribution in [0.1, 0.15) is 37.7 Å². The standard InChI is InChI=1S/C18H26N2O2S.ClH/c21-18(17-6-1-2-9-19-17)20-15-5-3-4-14(12-15)13-23-16-7-10-22-11-8-16;/h3-5,12,16-17,19H,1-2,6-11,13H2,(H,20,21);1H. The van der Waals surface area contributed by atoms with E-state index in [9.17, 15) is 4.79 Å². The molecule has 1 aromatic rings. The minimum atomic E-state index is -0.0379.